The Kier molecular flexibility index (Phi) is 7.14. The van der Waals surface area contributed by atoms with E-state index in [4.69, 9.17) is 4.74 Å². The number of para-hydroxylation sites is 1. The number of ether oxygens (including phenoxy) is 1. The van der Waals surface area contributed by atoms with Gasteiger partial charge in [-0.3, -0.25) is 14.6 Å². The Balaban J connectivity index is 1.99. The number of carbonyl (C=O) groups excluding carboxylic acids is 2. The summed E-state index contributed by atoms with van der Waals surface area (Å²) >= 11 is 0. The molecule has 1 aromatic carbocycles. The molecule has 0 aliphatic carbocycles. The molecule has 1 heterocycles. The Labute approximate surface area is 154 Å². The van der Waals surface area contributed by atoms with E-state index in [1.165, 1.54) is 6.20 Å². The summed E-state index contributed by atoms with van der Waals surface area (Å²) in [6.07, 6.45) is 2.14. The van der Waals surface area contributed by atoms with E-state index < -0.39 is 0 Å². The summed E-state index contributed by atoms with van der Waals surface area (Å²) in [5.41, 5.74) is 1.73. The second-order valence-corrected chi connectivity index (χ2v) is 5.72. The van der Waals surface area contributed by atoms with Crippen molar-refractivity contribution in [1.82, 2.24) is 15.2 Å². The topological polar surface area (TPSA) is 71.5 Å². The monoisotopic (exact) mass is 355 g/mol. The maximum atomic E-state index is 12.4. The molecule has 0 spiro atoms. The van der Waals surface area contributed by atoms with E-state index in [0.717, 1.165) is 11.3 Å². The van der Waals surface area contributed by atoms with Gasteiger partial charge in [-0.05, 0) is 44.0 Å². The molecule has 0 saturated heterocycles. The average molecular weight is 355 g/mol. The molecule has 6 heteroatoms. The fourth-order valence-electron chi connectivity index (χ4n) is 2.69. The third-order valence-electron chi connectivity index (χ3n) is 4.16. The fourth-order valence-corrected chi connectivity index (χ4v) is 2.69. The normalized spacial score (nSPS) is 10.3. The highest BCUT2D eigenvalue weighted by molar-refractivity contribution is 5.98. The van der Waals surface area contributed by atoms with Crippen LogP contribution in [0.25, 0.3) is 0 Å². The molecule has 138 valence electrons. The lowest BCUT2D eigenvalue weighted by Crippen LogP contribution is -2.31. The zero-order valence-electron chi connectivity index (χ0n) is 15.5. The average Bonchev–Trinajstić information content (AvgIpc) is 2.69. The zero-order valence-corrected chi connectivity index (χ0v) is 15.5. The van der Waals surface area contributed by atoms with Crippen molar-refractivity contribution in [2.24, 2.45) is 0 Å². The van der Waals surface area contributed by atoms with Gasteiger partial charge in [-0.15, -0.1) is 0 Å². The van der Waals surface area contributed by atoms with Crippen LogP contribution in [-0.2, 0) is 6.42 Å². The minimum Gasteiger partial charge on any atom is -0.496 e. The Morgan fingerprint density at radius 3 is 2.58 bits per heavy atom. The van der Waals surface area contributed by atoms with Crippen molar-refractivity contribution in [2.45, 2.75) is 20.3 Å². The van der Waals surface area contributed by atoms with Crippen molar-refractivity contribution in [3.05, 3.63) is 59.4 Å². The molecule has 2 aromatic rings. The van der Waals surface area contributed by atoms with E-state index in [-0.39, 0.29) is 17.5 Å². The first-order valence-electron chi connectivity index (χ1n) is 8.76. The molecule has 0 saturated carbocycles. The van der Waals surface area contributed by atoms with Gasteiger partial charge in [0.1, 0.15) is 11.4 Å². The van der Waals surface area contributed by atoms with E-state index in [2.05, 4.69) is 10.3 Å². The van der Waals surface area contributed by atoms with Crippen molar-refractivity contribution >= 4 is 11.8 Å². The van der Waals surface area contributed by atoms with Gasteiger partial charge < -0.3 is 15.0 Å². The van der Waals surface area contributed by atoms with Crippen LogP contribution in [0, 0.1) is 0 Å². The molecule has 1 aromatic heterocycles. The van der Waals surface area contributed by atoms with Gasteiger partial charge in [0.05, 0.1) is 7.11 Å². The number of amides is 2. The molecule has 0 unspecified atom stereocenters. The molecule has 6 nitrogen and oxygen atoms in total. The van der Waals surface area contributed by atoms with Gasteiger partial charge in [-0.1, -0.05) is 18.2 Å². The van der Waals surface area contributed by atoms with Crippen molar-refractivity contribution in [3.8, 4) is 5.75 Å². The minimum atomic E-state index is -0.297. The number of methoxy groups -OCH3 is 1. The Hall–Kier alpha value is -2.89. The van der Waals surface area contributed by atoms with E-state index in [0.29, 0.717) is 31.6 Å². The highest BCUT2D eigenvalue weighted by Crippen LogP contribution is 2.17. The maximum Gasteiger partial charge on any atom is 0.269 e. The summed E-state index contributed by atoms with van der Waals surface area (Å²) in [6, 6.07) is 10.9. The summed E-state index contributed by atoms with van der Waals surface area (Å²) in [6.45, 7) is 5.55. The van der Waals surface area contributed by atoms with Gasteiger partial charge in [0, 0.05) is 31.4 Å². The number of aromatic nitrogens is 1. The van der Waals surface area contributed by atoms with Gasteiger partial charge in [0.25, 0.3) is 11.8 Å². The summed E-state index contributed by atoms with van der Waals surface area (Å²) in [5, 5.41) is 2.84. The quantitative estimate of drug-likeness (QED) is 0.790. The predicted molar refractivity (Wildman–Crippen MR) is 101 cm³/mol. The number of hydrogen-bond donors (Lipinski definition) is 1. The van der Waals surface area contributed by atoms with Crippen molar-refractivity contribution in [1.29, 1.82) is 0 Å². The second kappa shape index (κ2) is 9.56. The molecule has 0 fully saturated rings. The largest absolute Gasteiger partial charge is 0.496 e. The van der Waals surface area contributed by atoms with Gasteiger partial charge in [0.2, 0.25) is 0 Å². The summed E-state index contributed by atoms with van der Waals surface area (Å²) < 4.78 is 5.31. The van der Waals surface area contributed by atoms with Crippen molar-refractivity contribution in [3.63, 3.8) is 0 Å². The number of hydrogen-bond acceptors (Lipinski definition) is 4. The Bertz CT molecular complexity index is 757. The van der Waals surface area contributed by atoms with Gasteiger partial charge in [-0.2, -0.15) is 0 Å². The minimum absolute atomic E-state index is 0.0968. The second-order valence-electron chi connectivity index (χ2n) is 5.72. The molecule has 0 aliphatic heterocycles. The van der Waals surface area contributed by atoms with Crippen LogP contribution in [0.15, 0.2) is 42.6 Å². The third kappa shape index (κ3) is 4.81. The zero-order chi connectivity index (χ0) is 18.9. The van der Waals surface area contributed by atoms with Crippen molar-refractivity contribution in [2.75, 3.05) is 26.7 Å². The molecule has 2 amide bonds. The molecule has 0 bridgehead atoms. The summed E-state index contributed by atoms with van der Waals surface area (Å²) in [5.74, 6) is 0.404. The first kappa shape index (κ1) is 19.4. The molecular formula is C20H25N3O3. The van der Waals surface area contributed by atoms with E-state index in [9.17, 15) is 9.59 Å². The summed E-state index contributed by atoms with van der Waals surface area (Å²) in [4.78, 5) is 30.5. The van der Waals surface area contributed by atoms with Gasteiger partial charge >= 0.3 is 0 Å². The molecule has 2 rings (SSSR count). The first-order chi connectivity index (χ1) is 12.6. The maximum absolute atomic E-state index is 12.4. The smallest absolute Gasteiger partial charge is 0.269 e. The van der Waals surface area contributed by atoms with Gasteiger partial charge in [-0.25, -0.2) is 0 Å². The Morgan fingerprint density at radius 1 is 1.15 bits per heavy atom. The molecule has 26 heavy (non-hydrogen) atoms. The molecule has 0 radical (unpaired) electrons. The number of rotatable bonds is 8. The van der Waals surface area contributed by atoms with Crippen LogP contribution >= 0.6 is 0 Å². The fraction of sp³-hybridized carbons (Fsp3) is 0.350. The number of nitrogens with zero attached hydrogens (tertiary/aromatic N) is 2. The van der Waals surface area contributed by atoms with Crippen LogP contribution in [0.3, 0.4) is 0 Å². The van der Waals surface area contributed by atoms with Crippen LogP contribution in [0.4, 0.5) is 0 Å². The van der Waals surface area contributed by atoms with Crippen LogP contribution in [0.5, 0.6) is 5.75 Å². The number of nitrogens with one attached hydrogen (secondary N) is 1. The van der Waals surface area contributed by atoms with Crippen LogP contribution in [-0.4, -0.2) is 48.4 Å². The highest BCUT2D eigenvalue weighted by atomic mass is 16.5. The molecule has 0 atom stereocenters. The van der Waals surface area contributed by atoms with Crippen LogP contribution in [0.2, 0.25) is 0 Å². The Morgan fingerprint density at radius 2 is 1.88 bits per heavy atom. The van der Waals surface area contributed by atoms with E-state index in [1.807, 2.05) is 38.1 Å². The third-order valence-corrected chi connectivity index (χ3v) is 4.16. The lowest BCUT2D eigenvalue weighted by atomic mass is 10.1. The number of benzene rings is 1. The number of carbonyl (C=O) groups is 2. The molecule has 1 N–H and O–H groups in total. The predicted octanol–water partition coefficient (Wildman–Crippen LogP) is 2.54. The van der Waals surface area contributed by atoms with E-state index in [1.54, 1.807) is 24.1 Å². The first-order valence-corrected chi connectivity index (χ1v) is 8.76. The van der Waals surface area contributed by atoms with Crippen molar-refractivity contribution < 1.29 is 14.3 Å². The summed E-state index contributed by atoms with van der Waals surface area (Å²) in [7, 11) is 1.62. The molecular weight excluding hydrogens is 330 g/mol. The number of pyridine rings is 1. The van der Waals surface area contributed by atoms with Crippen LogP contribution in [0.1, 0.15) is 40.3 Å². The van der Waals surface area contributed by atoms with Crippen LogP contribution < -0.4 is 10.1 Å². The highest BCUT2D eigenvalue weighted by Gasteiger charge is 2.15. The lowest BCUT2D eigenvalue weighted by Gasteiger charge is -2.18. The van der Waals surface area contributed by atoms with E-state index >= 15 is 0 Å². The lowest BCUT2D eigenvalue weighted by molar-refractivity contribution is 0.0773. The standard InChI is InChI=1S/C20H25N3O3/c1-4-23(5-2)20(25)16-11-12-21-17(14-16)19(24)22-13-10-15-8-6-7-9-18(15)26-3/h6-9,11-12,14H,4-5,10,13H2,1-3H3,(H,22,24). The van der Waals surface area contributed by atoms with Gasteiger partial charge in [0.15, 0.2) is 0 Å². The molecule has 0 aliphatic rings. The SMILES string of the molecule is CCN(CC)C(=O)c1ccnc(C(=O)NCCc2ccccc2OC)c1.